The standard InChI is InChI=1S/C70H122N22O24/c1-32(2)22-43(66(113)92-56(37(11)93)67(114)81-31-51(96)83-42(68(115)116)16-18-49(72)94)84-52(97)30-80-58(105)41(17-19-53(98)99)86-61(108)44(23-33(3)4)88-63(110)46(25-35(7)8)90-65(112)48(28-55(102)103)91-64(111)47(26-36(9)10)89-62(109)45(24-34(5)6)87-60(107)40(15-13-21-78-70(75)76)85-59(106)39(14-12-20-77-69(73)74)82-50(95)29-79-57(104)38(71)27-54(100)101/h32-48,56,93H,12-31,71H2,1-11H3,(H2,72,94)(H,79,104)(H,80,105)(H,81,114)(H,82,95)(H,83,96)(H,84,97)(H,85,106)(H,86,108)(H,87,107)(H,88,110)(H,89,109)(H,90,112)(H,91,111)(H,92,113)(H,98,99)(H,100,101)(H,102,103)(H,115,116)(H4,73,74,77)(H4,75,76,78)/t37-,38+,39+,40+,41+,42+,43+,44+,45+,46+,47+,48+,56+/m1/s1. The Morgan fingerprint density at radius 1 is 0.310 bits per heavy atom. The number of nitrogens with two attached hydrogens (primary N) is 4. The molecule has 46 nitrogen and oxygen atoms in total. The lowest BCUT2D eigenvalue weighted by atomic mass is 9.98. The SMILES string of the molecule is CC(C)C[C@H](NC(=O)CNC(=O)[C@H](CCC(=O)O)NC(=O)[C@H](CC(C)C)NC(=O)[C@H](CC(C)C)NC(=O)[C@H](CC(=O)O)NC(=O)[C@H](CC(C)C)NC(=O)[C@H](CC(C)C)NC(=O)[C@H](CCCNC(=N)N)NC(=O)[C@H](CCCNC(=N)N)NC(=O)CNC(=O)[C@@H](N)CC(=O)O)C(=O)N[C@H](C(=O)NCC(=O)N[C@@H](CCC(N)=O)C(=O)O)[C@@H](C)O. The number of aliphatic hydroxyl groups excluding tert-OH is 1. The minimum absolute atomic E-state index is 0.000363. The number of carbonyl (C=O) groups is 19. The van der Waals surface area contributed by atoms with Crippen LogP contribution in [-0.2, 0) is 91.1 Å². The maximum absolute atomic E-state index is 14.5. The summed E-state index contributed by atoms with van der Waals surface area (Å²) in [6.45, 7) is 15.2. The van der Waals surface area contributed by atoms with Crippen LogP contribution >= 0.6 is 0 Å². The molecule has 0 radical (unpaired) electrons. The minimum Gasteiger partial charge on any atom is -0.481 e. The number of carbonyl (C=O) groups excluding carboxylic acids is 15. The van der Waals surface area contributed by atoms with E-state index in [1.807, 2.05) is 0 Å². The van der Waals surface area contributed by atoms with Gasteiger partial charge in [-0.25, -0.2) is 4.79 Å². The van der Waals surface area contributed by atoms with E-state index < -0.39 is 273 Å². The second-order valence-corrected chi connectivity index (χ2v) is 29.9. The van der Waals surface area contributed by atoms with Gasteiger partial charge in [0.25, 0.3) is 0 Å². The Morgan fingerprint density at radius 3 is 0.931 bits per heavy atom. The zero-order valence-electron chi connectivity index (χ0n) is 67.3. The molecular weight excluding hydrogens is 1530 g/mol. The van der Waals surface area contributed by atoms with Crippen LogP contribution in [0, 0.1) is 40.4 Å². The smallest absolute Gasteiger partial charge is 0.326 e. The van der Waals surface area contributed by atoms with Gasteiger partial charge in [0.05, 0.1) is 44.6 Å². The molecule has 46 heteroatoms. The van der Waals surface area contributed by atoms with Crippen molar-refractivity contribution < 1.29 is 117 Å². The maximum Gasteiger partial charge on any atom is 0.326 e. The summed E-state index contributed by atoms with van der Waals surface area (Å²) >= 11 is 0. The van der Waals surface area contributed by atoms with Gasteiger partial charge in [-0.15, -0.1) is 0 Å². The predicted octanol–water partition coefficient (Wildman–Crippen LogP) is -7.70. The minimum atomic E-state index is -1.98. The Kier molecular flexibility index (Phi) is 48.8. The molecule has 656 valence electrons. The Labute approximate surface area is 670 Å². The number of hydrogen-bond donors (Lipinski definition) is 27. The molecule has 31 N–H and O–H groups in total. The summed E-state index contributed by atoms with van der Waals surface area (Å²) in [7, 11) is 0. The van der Waals surface area contributed by atoms with Gasteiger partial charge in [0.1, 0.15) is 66.5 Å². The highest BCUT2D eigenvalue weighted by atomic mass is 16.4. The molecular formula is C70H122N22O24. The van der Waals surface area contributed by atoms with Gasteiger partial charge in [0.15, 0.2) is 11.9 Å². The van der Waals surface area contributed by atoms with Crippen molar-refractivity contribution in [3.05, 3.63) is 0 Å². The quantitative estimate of drug-likeness (QED) is 0.0153. The van der Waals surface area contributed by atoms with Gasteiger partial charge < -0.3 is 134 Å². The summed E-state index contributed by atoms with van der Waals surface area (Å²) in [6.07, 6.45) is -6.55. The molecule has 13 atom stereocenters. The first-order chi connectivity index (χ1) is 53.9. The lowest BCUT2D eigenvalue weighted by molar-refractivity contribution is -0.142. The van der Waals surface area contributed by atoms with Crippen LogP contribution in [0.3, 0.4) is 0 Å². The average molecular weight is 1660 g/mol. The number of aliphatic carboxylic acids is 4. The van der Waals surface area contributed by atoms with E-state index in [2.05, 4.69) is 85.1 Å². The number of amides is 15. The second kappa shape index (κ2) is 54.2. The molecule has 0 unspecified atom stereocenters. The number of carboxylic acid groups (broad SMARTS) is 4. The largest absolute Gasteiger partial charge is 0.481 e. The predicted molar refractivity (Wildman–Crippen MR) is 413 cm³/mol. The number of guanidine groups is 2. The molecule has 0 bridgehead atoms. The summed E-state index contributed by atoms with van der Waals surface area (Å²) in [5.41, 5.74) is 21.5. The van der Waals surface area contributed by atoms with E-state index in [4.69, 9.17) is 38.9 Å². The van der Waals surface area contributed by atoms with Gasteiger partial charge in [-0.1, -0.05) is 69.2 Å². The number of aliphatic hydroxyl groups is 1. The third kappa shape index (κ3) is 45.9. The van der Waals surface area contributed by atoms with Crippen LogP contribution in [0.15, 0.2) is 0 Å². The van der Waals surface area contributed by atoms with Crippen molar-refractivity contribution in [3.8, 4) is 0 Å². The first-order valence-corrected chi connectivity index (χ1v) is 37.8. The Morgan fingerprint density at radius 2 is 0.595 bits per heavy atom. The lowest BCUT2D eigenvalue weighted by Gasteiger charge is -2.29. The van der Waals surface area contributed by atoms with Gasteiger partial charge in [0, 0.05) is 25.9 Å². The third-order valence-corrected chi connectivity index (χ3v) is 16.6. The van der Waals surface area contributed by atoms with Crippen molar-refractivity contribution in [1.82, 2.24) is 85.1 Å². The topological polar surface area (TPSA) is 770 Å². The van der Waals surface area contributed by atoms with Gasteiger partial charge >= 0.3 is 23.9 Å². The van der Waals surface area contributed by atoms with Crippen LogP contribution in [0.1, 0.15) is 172 Å². The summed E-state index contributed by atoms with van der Waals surface area (Å²) < 4.78 is 0. The summed E-state index contributed by atoms with van der Waals surface area (Å²) in [5.74, 6) is -24.2. The van der Waals surface area contributed by atoms with E-state index in [9.17, 15) is 112 Å². The zero-order valence-corrected chi connectivity index (χ0v) is 67.3. The molecule has 0 rings (SSSR count). The number of nitrogens with one attached hydrogen (secondary N) is 18. The molecule has 0 aliphatic rings. The number of rotatable bonds is 58. The molecule has 0 aliphatic heterocycles. The molecule has 15 amide bonds. The molecule has 0 saturated heterocycles. The highest BCUT2D eigenvalue weighted by molar-refractivity contribution is 6.01. The Hall–Kier alpha value is -11.6. The van der Waals surface area contributed by atoms with E-state index in [-0.39, 0.29) is 89.1 Å². The number of hydrogen-bond acceptors (Lipinski definition) is 23. The van der Waals surface area contributed by atoms with Crippen molar-refractivity contribution in [1.29, 1.82) is 10.8 Å². The van der Waals surface area contributed by atoms with Gasteiger partial charge in [-0.3, -0.25) is 97.1 Å². The molecule has 0 aromatic carbocycles. The molecule has 0 aromatic heterocycles. The fourth-order valence-corrected chi connectivity index (χ4v) is 11.0. The van der Waals surface area contributed by atoms with E-state index in [1.165, 1.54) is 0 Å². The molecule has 0 saturated carbocycles. The van der Waals surface area contributed by atoms with E-state index in [0.29, 0.717) is 0 Å². The van der Waals surface area contributed by atoms with Gasteiger partial charge in [0.2, 0.25) is 88.6 Å². The van der Waals surface area contributed by atoms with Crippen LogP contribution in [-0.4, -0.2) is 261 Å². The highest BCUT2D eigenvalue weighted by Gasteiger charge is 2.38. The Balaban J connectivity index is 6.98. The Bertz CT molecular complexity index is 3410. The van der Waals surface area contributed by atoms with Crippen LogP contribution in [0.4, 0.5) is 0 Å². The van der Waals surface area contributed by atoms with E-state index in [1.54, 1.807) is 69.2 Å². The van der Waals surface area contributed by atoms with Crippen LogP contribution in [0.2, 0.25) is 0 Å². The fourth-order valence-electron chi connectivity index (χ4n) is 11.0. The third-order valence-electron chi connectivity index (χ3n) is 16.6. The molecule has 0 aliphatic carbocycles. The van der Waals surface area contributed by atoms with Crippen molar-refractivity contribution in [2.75, 3.05) is 32.7 Å². The van der Waals surface area contributed by atoms with Crippen LogP contribution < -0.4 is 108 Å². The molecule has 0 spiro atoms. The van der Waals surface area contributed by atoms with Crippen molar-refractivity contribution in [2.45, 2.75) is 251 Å². The molecule has 0 fully saturated rings. The van der Waals surface area contributed by atoms with Gasteiger partial charge in [-0.05, 0) is 107 Å². The number of carboxylic acids is 4. The average Bonchev–Trinajstić information content (AvgIpc) is 0.833. The highest BCUT2D eigenvalue weighted by Crippen LogP contribution is 2.15. The summed E-state index contributed by atoms with van der Waals surface area (Å²) in [6, 6.07) is -19.2. The van der Waals surface area contributed by atoms with Crippen molar-refractivity contribution >= 4 is 124 Å². The van der Waals surface area contributed by atoms with Gasteiger partial charge in [-0.2, -0.15) is 0 Å². The fraction of sp³-hybridized carbons (Fsp3) is 0.700. The first kappa shape index (κ1) is 104. The monoisotopic (exact) mass is 1650 g/mol. The summed E-state index contributed by atoms with van der Waals surface area (Å²) in [5, 5.41) is 102. The van der Waals surface area contributed by atoms with Crippen LogP contribution in [0.25, 0.3) is 0 Å². The number of primary amides is 1. The first-order valence-electron chi connectivity index (χ1n) is 37.8. The molecule has 0 heterocycles. The molecule has 116 heavy (non-hydrogen) atoms. The van der Waals surface area contributed by atoms with E-state index in [0.717, 1.165) is 6.92 Å². The second-order valence-electron chi connectivity index (χ2n) is 29.9. The molecule has 0 aromatic rings. The maximum atomic E-state index is 14.5. The van der Waals surface area contributed by atoms with E-state index >= 15 is 0 Å². The van der Waals surface area contributed by atoms with Crippen molar-refractivity contribution in [3.63, 3.8) is 0 Å². The van der Waals surface area contributed by atoms with Crippen LogP contribution in [0.5, 0.6) is 0 Å². The summed E-state index contributed by atoms with van der Waals surface area (Å²) in [4.78, 5) is 251. The lowest BCUT2D eigenvalue weighted by Crippen LogP contribution is -2.61. The normalized spacial score (nSPS) is 14.5. The van der Waals surface area contributed by atoms with Crippen molar-refractivity contribution in [2.24, 2.45) is 52.5 Å². The zero-order chi connectivity index (χ0) is 89.0.